The molecule has 0 saturated carbocycles. The maximum Gasteiger partial charge on any atom is 0.251 e. The first kappa shape index (κ1) is 30.4. The number of aryl methyl sites for hydroxylation is 2. The predicted molar refractivity (Wildman–Crippen MR) is 176 cm³/mol. The number of nitrogens with zero attached hydrogens (tertiary/aromatic N) is 2. The fourth-order valence-corrected chi connectivity index (χ4v) is 6.84. The highest BCUT2D eigenvalue weighted by Gasteiger charge is 2.23. The molecule has 2 aliphatic carbocycles. The van der Waals surface area contributed by atoms with Crippen LogP contribution in [0, 0.1) is 0 Å². The lowest BCUT2D eigenvalue weighted by Crippen LogP contribution is -2.23. The third-order valence-electron chi connectivity index (χ3n) is 8.49. The molecule has 0 saturated heterocycles. The highest BCUT2D eigenvalue weighted by Crippen LogP contribution is 2.36. The van der Waals surface area contributed by atoms with Crippen molar-refractivity contribution in [3.05, 3.63) is 114 Å². The van der Waals surface area contributed by atoms with Crippen LogP contribution in [0.25, 0.3) is 22.5 Å². The summed E-state index contributed by atoms with van der Waals surface area (Å²) in [5.41, 5.74) is 9.36. The molecular weight excluding hydrogens is 563 g/mol. The quantitative estimate of drug-likeness (QED) is 0.202. The summed E-state index contributed by atoms with van der Waals surface area (Å²) in [7, 11) is 0. The van der Waals surface area contributed by atoms with E-state index in [1.54, 1.807) is 0 Å². The third kappa shape index (κ3) is 6.31. The molecule has 2 heterocycles. The molecule has 0 radical (unpaired) electrons. The molecule has 2 aromatic carbocycles. The van der Waals surface area contributed by atoms with Gasteiger partial charge in [0.05, 0.1) is 11.4 Å². The zero-order valence-electron chi connectivity index (χ0n) is 24.7. The number of hydrogen-bond donors (Lipinski definition) is 0. The molecule has 4 aromatic rings. The molecule has 0 aliphatic heterocycles. The Labute approximate surface area is 258 Å². The van der Waals surface area contributed by atoms with Crippen LogP contribution in [0.1, 0.15) is 74.6 Å². The van der Waals surface area contributed by atoms with Gasteiger partial charge < -0.3 is 9.13 Å². The van der Waals surface area contributed by atoms with Crippen molar-refractivity contribution < 1.29 is 0 Å². The summed E-state index contributed by atoms with van der Waals surface area (Å²) >= 11 is 12.8. The molecule has 220 valence electrons. The molecule has 0 spiro atoms. The number of halogens is 2. The second-order valence-corrected chi connectivity index (χ2v) is 12.2. The molecule has 0 N–H and O–H groups in total. The van der Waals surface area contributed by atoms with E-state index in [4.69, 9.17) is 23.2 Å². The molecule has 0 fully saturated rings. The van der Waals surface area contributed by atoms with E-state index in [-0.39, 0.29) is 11.1 Å². The van der Waals surface area contributed by atoms with Crippen molar-refractivity contribution in [1.29, 1.82) is 0 Å². The van der Waals surface area contributed by atoms with Gasteiger partial charge in [-0.25, -0.2) is 0 Å². The van der Waals surface area contributed by atoms with Crippen molar-refractivity contribution in [3.8, 4) is 22.5 Å². The Hall–Kier alpha value is -3.08. The standard InChI is InChI=1S/2C18H20ClNO/c2*1-2-3-11-20-17(21)12-13-7-6-9-14(13)18(20)15-8-4-5-10-16(15)19/h2*4-5,8,10,12H,2-3,6-7,9,11H2,1H3. The van der Waals surface area contributed by atoms with E-state index < -0.39 is 0 Å². The molecule has 0 atom stereocenters. The second-order valence-electron chi connectivity index (χ2n) is 11.3. The number of pyridine rings is 2. The molecule has 4 nitrogen and oxygen atoms in total. The van der Waals surface area contributed by atoms with Gasteiger partial charge in [-0.2, -0.15) is 0 Å². The van der Waals surface area contributed by atoms with Gasteiger partial charge >= 0.3 is 0 Å². The lowest BCUT2D eigenvalue weighted by atomic mass is 10.0. The number of unbranched alkanes of at least 4 members (excludes halogenated alkanes) is 2. The average molecular weight is 604 g/mol. The lowest BCUT2D eigenvalue weighted by molar-refractivity contribution is 0.616. The topological polar surface area (TPSA) is 44.0 Å². The number of hydrogen-bond acceptors (Lipinski definition) is 2. The van der Waals surface area contributed by atoms with Crippen LogP contribution in [0.4, 0.5) is 0 Å². The Kier molecular flexibility index (Phi) is 10.1. The van der Waals surface area contributed by atoms with Crippen LogP contribution in [0.5, 0.6) is 0 Å². The zero-order valence-corrected chi connectivity index (χ0v) is 26.2. The molecule has 6 rings (SSSR count). The SMILES string of the molecule is CCCCn1c(-c2ccccc2Cl)c2c(cc1=O)CCC2.CCCCn1c(-c2ccccc2Cl)c2c(cc1=O)CCC2. The van der Waals surface area contributed by atoms with E-state index in [0.29, 0.717) is 0 Å². The summed E-state index contributed by atoms with van der Waals surface area (Å²) in [6.07, 6.45) is 10.5. The summed E-state index contributed by atoms with van der Waals surface area (Å²) in [5.74, 6) is 0. The molecule has 2 aliphatic rings. The summed E-state index contributed by atoms with van der Waals surface area (Å²) in [6.45, 7) is 5.83. The largest absolute Gasteiger partial charge is 0.308 e. The number of rotatable bonds is 8. The van der Waals surface area contributed by atoms with Gasteiger partial charge in [-0.3, -0.25) is 9.59 Å². The maximum absolute atomic E-state index is 12.5. The van der Waals surface area contributed by atoms with E-state index >= 15 is 0 Å². The van der Waals surface area contributed by atoms with Crippen molar-refractivity contribution >= 4 is 23.2 Å². The Balaban J connectivity index is 0.000000168. The summed E-state index contributed by atoms with van der Waals surface area (Å²) in [5, 5.41) is 1.45. The Morgan fingerprint density at radius 1 is 0.619 bits per heavy atom. The van der Waals surface area contributed by atoms with Crippen molar-refractivity contribution in [2.24, 2.45) is 0 Å². The number of aromatic nitrogens is 2. The molecule has 0 bridgehead atoms. The van der Waals surface area contributed by atoms with E-state index in [9.17, 15) is 9.59 Å². The van der Waals surface area contributed by atoms with E-state index in [1.807, 2.05) is 69.8 Å². The Morgan fingerprint density at radius 2 is 1.02 bits per heavy atom. The molecule has 6 heteroatoms. The van der Waals surface area contributed by atoms with E-state index in [0.717, 1.165) is 110 Å². The lowest BCUT2D eigenvalue weighted by Gasteiger charge is -2.18. The van der Waals surface area contributed by atoms with Gasteiger partial charge in [0.1, 0.15) is 0 Å². The molecular formula is C36H40Cl2N2O2. The van der Waals surface area contributed by atoms with Gasteiger partial charge in [-0.1, -0.05) is 86.3 Å². The highest BCUT2D eigenvalue weighted by atomic mass is 35.5. The van der Waals surface area contributed by atoms with Crippen LogP contribution in [0.15, 0.2) is 70.3 Å². The fraction of sp³-hybridized carbons (Fsp3) is 0.389. The minimum Gasteiger partial charge on any atom is -0.308 e. The normalized spacial score (nSPS) is 13.4. The minimum atomic E-state index is 0.110. The summed E-state index contributed by atoms with van der Waals surface area (Å²) in [4.78, 5) is 25.0. The first-order valence-corrected chi connectivity index (χ1v) is 16.2. The van der Waals surface area contributed by atoms with E-state index in [1.165, 1.54) is 22.3 Å². The highest BCUT2D eigenvalue weighted by molar-refractivity contribution is 6.33. The van der Waals surface area contributed by atoms with E-state index in [2.05, 4.69) is 13.8 Å². The summed E-state index contributed by atoms with van der Waals surface area (Å²) < 4.78 is 3.85. The first-order chi connectivity index (χ1) is 20.4. The summed E-state index contributed by atoms with van der Waals surface area (Å²) in [6, 6.07) is 19.4. The average Bonchev–Trinajstić information content (AvgIpc) is 3.65. The van der Waals surface area contributed by atoms with Crippen LogP contribution < -0.4 is 11.1 Å². The van der Waals surface area contributed by atoms with Gasteiger partial charge in [-0.15, -0.1) is 0 Å². The number of benzene rings is 2. The van der Waals surface area contributed by atoms with Gasteiger partial charge in [-0.05, 0) is 85.8 Å². The smallest absolute Gasteiger partial charge is 0.251 e. The van der Waals surface area contributed by atoms with Gasteiger partial charge in [0.15, 0.2) is 0 Å². The molecule has 0 amide bonds. The number of fused-ring (bicyclic) bond motifs is 2. The van der Waals surface area contributed by atoms with Gasteiger partial charge in [0.25, 0.3) is 11.1 Å². The predicted octanol–water partition coefficient (Wildman–Crippen LogP) is 8.92. The van der Waals surface area contributed by atoms with Crippen LogP contribution in [0.2, 0.25) is 10.0 Å². The second kappa shape index (κ2) is 13.9. The van der Waals surface area contributed by atoms with Gasteiger partial charge in [0.2, 0.25) is 0 Å². The van der Waals surface area contributed by atoms with Crippen molar-refractivity contribution in [2.45, 2.75) is 91.1 Å². The third-order valence-corrected chi connectivity index (χ3v) is 9.15. The van der Waals surface area contributed by atoms with Gasteiger partial charge in [0, 0.05) is 46.4 Å². The van der Waals surface area contributed by atoms with Crippen molar-refractivity contribution in [3.63, 3.8) is 0 Å². The molecule has 2 aromatic heterocycles. The zero-order chi connectivity index (χ0) is 29.6. The van der Waals surface area contributed by atoms with Crippen LogP contribution in [0.3, 0.4) is 0 Å². The first-order valence-electron chi connectivity index (χ1n) is 15.5. The maximum atomic E-state index is 12.5. The monoisotopic (exact) mass is 602 g/mol. The van der Waals surface area contributed by atoms with Crippen molar-refractivity contribution in [2.75, 3.05) is 0 Å². The minimum absolute atomic E-state index is 0.110. The molecule has 0 unspecified atom stereocenters. The molecule has 42 heavy (non-hydrogen) atoms. The Morgan fingerprint density at radius 3 is 1.40 bits per heavy atom. The Bertz CT molecular complexity index is 1560. The van der Waals surface area contributed by atoms with Crippen LogP contribution in [-0.4, -0.2) is 9.13 Å². The van der Waals surface area contributed by atoms with Crippen LogP contribution >= 0.6 is 23.2 Å². The van der Waals surface area contributed by atoms with Crippen molar-refractivity contribution in [1.82, 2.24) is 9.13 Å². The van der Waals surface area contributed by atoms with Crippen LogP contribution in [-0.2, 0) is 38.8 Å². The fourth-order valence-electron chi connectivity index (χ4n) is 6.39.